The summed E-state index contributed by atoms with van der Waals surface area (Å²) < 4.78 is 9.89. The minimum absolute atomic E-state index is 0.0933. The lowest BCUT2D eigenvalue weighted by Crippen LogP contribution is -2.47. The zero-order valence-corrected chi connectivity index (χ0v) is 13.3. The Morgan fingerprint density at radius 2 is 2.09 bits per heavy atom. The molecule has 0 saturated heterocycles. The summed E-state index contributed by atoms with van der Waals surface area (Å²) in [5, 5.41) is 13.2. The highest BCUT2D eigenvalue weighted by Gasteiger charge is 2.26. The first-order valence-electron chi connectivity index (χ1n) is 7.13. The Morgan fingerprint density at radius 3 is 2.65 bits per heavy atom. The molecular formula is C15H20N2O6. The van der Waals surface area contributed by atoms with Gasteiger partial charge in [-0.1, -0.05) is 26.3 Å². The molecule has 0 aromatic heterocycles. The molecular weight excluding hydrogens is 304 g/mol. The molecule has 0 aliphatic heterocycles. The van der Waals surface area contributed by atoms with E-state index in [4.69, 9.17) is 4.74 Å². The van der Waals surface area contributed by atoms with E-state index in [9.17, 15) is 19.7 Å². The minimum atomic E-state index is -0.758. The lowest BCUT2D eigenvalue weighted by molar-refractivity contribution is -0.384. The fourth-order valence-corrected chi connectivity index (χ4v) is 1.85. The predicted molar refractivity (Wildman–Crippen MR) is 82.0 cm³/mol. The van der Waals surface area contributed by atoms with Crippen molar-refractivity contribution in [1.82, 2.24) is 5.32 Å². The second-order valence-electron chi connectivity index (χ2n) is 5.00. The standard InChI is InChI=1S/C15H20N2O6/c1-4-10(2)14(15(19)22-3)16-13(18)9-23-12-7-5-6-11(8-12)17(20)21/h5-8,10,14H,4,9H2,1-3H3,(H,16,18)/t10-,14-/m0/s1. The molecule has 2 atom stereocenters. The number of nitrogens with zero attached hydrogens (tertiary/aromatic N) is 1. The molecule has 1 amide bonds. The maximum absolute atomic E-state index is 11.9. The van der Waals surface area contributed by atoms with Crippen molar-refractivity contribution in [3.8, 4) is 5.75 Å². The van der Waals surface area contributed by atoms with Gasteiger partial charge >= 0.3 is 5.97 Å². The van der Waals surface area contributed by atoms with E-state index in [1.54, 1.807) is 0 Å². The van der Waals surface area contributed by atoms with Gasteiger partial charge in [0.05, 0.1) is 18.1 Å². The Kier molecular flexibility index (Phi) is 6.98. The third-order valence-electron chi connectivity index (χ3n) is 3.38. The summed E-state index contributed by atoms with van der Waals surface area (Å²) in [6.45, 7) is 3.36. The first-order chi connectivity index (χ1) is 10.9. The van der Waals surface area contributed by atoms with Crippen molar-refractivity contribution in [3.63, 3.8) is 0 Å². The zero-order chi connectivity index (χ0) is 17.4. The van der Waals surface area contributed by atoms with Gasteiger partial charge < -0.3 is 14.8 Å². The van der Waals surface area contributed by atoms with E-state index in [2.05, 4.69) is 10.1 Å². The number of amides is 1. The van der Waals surface area contributed by atoms with Crippen molar-refractivity contribution in [3.05, 3.63) is 34.4 Å². The number of methoxy groups -OCH3 is 1. The summed E-state index contributed by atoms with van der Waals surface area (Å²) in [6.07, 6.45) is 0.686. The van der Waals surface area contributed by atoms with Crippen molar-refractivity contribution >= 4 is 17.6 Å². The molecule has 8 nitrogen and oxygen atoms in total. The number of hydrogen-bond acceptors (Lipinski definition) is 6. The van der Waals surface area contributed by atoms with Crippen molar-refractivity contribution in [2.45, 2.75) is 26.3 Å². The van der Waals surface area contributed by atoms with Crippen LogP contribution < -0.4 is 10.1 Å². The lowest BCUT2D eigenvalue weighted by Gasteiger charge is -2.21. The SMILES string of the molecule is CC[C@H](C)[C@H](NC(=O)COc1cccc([N+](=O)[O-])c1)C(=O)OC. The molecule has 0 spiro atoms. The molecule has 0 bridgehead atoms. The smallest absolute Gasteiger partial charge is 0.328 e. The Hall–Kier alpha value is -2.64. The molecule has 1 rings (SSSR count). The zero-order valence-electron chi connectivity index (χ0n) is 13.3. The highest BCUT2D eigenvalue weighted by molar-refractivity contribution is 5.85. The van der Waals surface area contributed by atoms with E-state index < -0.39 is 22.8 Å². The number of nitrogens with one attached hydrogen (secondary N) is 1. The maximum atomic E-state index is 11.9. The molecule has 1 aromatic rings. The van der Waals surface area contributed by atoms with Crippen LogP contribution >= 0.6 is 0 Å². The summed E-state index contributed by atoms with van der Waals surface area (Å²) in [5.74, 6) is -0.924. The molecule has 0 fully saturated rings. The van der Waals surface area contributed by atoms with Gasteiger partial charge in [-0.05, 0) is 12.0 Å². The average molecular weight is 324 g/mol. The number of benzene rings is 1. The van der Waals surface area contributed by atoms with Crippen LogP contribution in [0.25, 0.3) is 0 Å². The largest absolute Gasteiger partial charge is 0.484 e. The summed E-state index contributed by atoms with van der Waals surface area (Å²) in [4.78, 5) is 33.7. The van der Waals surface area contributed by atoms with Crippen molar-refractivity contribution in [2.24, 2.45) is 5.92 Å². The summed E-state index contributed by atoms with van der Waals surface area (Å²) in [5.41, 5.74) is -0.130. The monoisotopic (exact) mass is 324 g/mol. The van der Waals surface area contributed by atoms with Gasteiger partial charge in [0, 0.05) is 6.07 Å². The van der Waals surface area contributed by atoms with E-state index >= 15 is 0 Å². The topological polar surface area (TPSA) is 108 Å². The van der Waals surface area contributed by atoms with Gasteiger partial charge in [-0.3, -0.25) is 14.9 Å². The van der Waals surface area contributed by atoms with E-state index in [-0.39, 0.29) is 24.0 Å². The number of carbonyl (C=O) groups is 2. The van der Waals surface area contributed by atoms with Crippen LogP contribution in [-0.4, -0.2) is 36.6 Å². The van der Waals surface area contributed by atoms with Crippen molar-refractivity contribution in [2.75, 3.05) is 13.7 Å². The van der Waals surface area contributed by atoms with Gasteiger partial charge in [-0.15, -0.1) is 0 Å². The molecule has 23 heavy (non-hydrogen) atoms. The van der Waals surface area contributed by atoms with Gasteiger partial charge in [0.25, 0.3) is 11.6 Å². The van der Waals surface area contributed by atoms with Gasteiger partial charge in [0.15, 0.2) is 6.61 Å². The highest BCUT2D eigenvalue weighted by Crippen LogP contribution is 2.19. The van der Waals surface area contributed by atoms with Gasteiger partial charge in [-0.2, -0.15) is 0 Å². The molecule has 0 radical (unpaired) electrons. The van der Waals surface area contributed by atoms with Crippen molar-refractivity contribution < 1.29 is 24.0 Å². The van der Waals surface area contributed by atoms with Gasteiger partial charge in [0.2, 0.25) is 0 Å². The highest BCUT2D eigenvalue weighted by atomic mass is 16.6. The maximum Gasteiger partial charge on any atom is 0.328 e. The Bertz CT molecular complexity index is 575. The third kappa shape index (κ3) is 5.57. The van der Waals surface area contributed by atoms with Crippen LogP contribution in [0.1, 0.15) is 20.3 Å². The molecule has 0 unspecified atom stereocenters. The predicted octanol–water partition coefficient (Wildman–Crippen LogP) is 1.68. The fraction of sp³-hybridized carbons (Fsp3) is 0.467. The number of non-ortho nitro benzene ring substituents is 1. The molecule has 126 valence electrons. The van der Waals surface area contributed by atoms with E-state index in [0.717, 1.165) is 0 Å². The van der Waals surface area contributed by atoms with Crippen LogP contribution in [0.15, 0.2) is 24.3 Å². The number of carbonyl (C=O) groups excluding carboxylic acids is 2. The summed E-state index contributed by atoms with van der Waals surface area (Å²) in [6, 6.07) is 4.75. The van der Waals surface area contributed by atoms with E-state index in [0.29, 0.717) is 6.42 Å². The number of ether oxygens (including phenoxy) is 2. The molecule has 1 aromatic carbocycles. The molecule has 0 heterocycles. The number of hydrogen-bond donors (Lipinski definition) is 1. The minimum Gasteiger partial charge on any atom is -0.484 e. The Morgan fingerprint density at radius 1 is 1.39 bits per heavy atom. The average Bonchev–Trinajstić information content (AvgIpc) is 2.56. The third-order valence-corrected chi connectivity index (χ3v) is 3.38. The molecule has 8 heteroatoms. The number of esters is 1. The van der Waals surface area contributed by atoms with Crippen LogP contribution in [0.4, 0.5) is 5.69 Å². The Labute approximate surface area is 133 Å². The van der Waals surface area contributed by atoms with Crippen LogP contribution in [0, 0.1) is 16.0 Å². The van der Waals surface area contributed by atoms with Crippen LogP contribution in [0.3, 0.4) is 0 Å². The molecule has 1 N–H and O–H groups in total. The van der Waals surface area contributed by atoms with Crippen LogP contribution in [-0.2, 0) is 14.3 Å². The fourth-order valence-electron chi connectivity index (χ4n) is 1.85. The second kappa shape index (κ2) is 8.72. The van der Waals surface area contributed by atoms with Gasteiger partial charge in [-0.25, -0.2) is 4.79 Å². The van der Waals surface area contributed by atoms with E-state index in [1.807, 2.05) is 13.8 Å². The normalized spacial score (nSPS) is 12.8. The summed E-state index contributed by atoms with van der Waals surface area (Å²) in [7, 11) is 1.25. The first-order valence-corrected chi connectivity index (χ1v) is 7.13. The number of nitro groups is 1. The quantitative estimate of drug-likeness (QED) is 0.443. The van der Waals surface area contributed by atoms with Crippen LogP contribution in [0.2, 0.25) is 0 Å². The van der Waals surface area contributed by atoms with E-state index in [1.165, 1.54) is 31.4 Å². The van der Waals surface area contributed by atoms with Crippen molar-refractivity contribution in [1.29, 1.82) is 0 Å². The first kappa shape index (κ1) is 18.4. The lowest BCUT2D eigenvalue weighted by atomic mass is 9.99. The summed E-state index contributed by atoms with van der Waals surface area (Å²) >= 11 is 0. The van der Waals surface area contributed by atoms with Gasteiger partial charge in [0.1, 0.15) is 11.8 Å². The number of rotatable bonds is 8. The number of nitro benzene ring substituents is 1. The second-order valence-corrected chi connectivity index (χ2v) is 5.00. The molecule has 0 saturated carbocycles. The molecule has 0 aliphatic carbocycles. The van der Waals surface area contributed by atoms with Crippen LogP contribution in [0.5, 0.6) is 5.75 Å². The molecule has 0 aliphatic rings. The Balaban J connectivity index is 2.63.